The van der Waals surface area contributed by atoms with Crippen LogP contribution in [-0.4, -0.2) is 24.7 Å². The molecule has 6 nitrogen and oxygen atoms in total. The zero-order chi connectivity index (χ0) is 11.7. The van der Waals surface area contributed by atoms with Gasteiger partial charge in [-0.3, -0.25) is 4.68 Å². The molecular formula is C10H10N6S. The van der Waals surface area contributed by atoms with Crippen molar-refractivity contribution in [3.8, 4) is 0 Å². The fourth-order valence-corrected chi connectivity index (χ4v) is 2.35. The highest BCUT2D eigenvalue weighted by molar-refractivity contribution is 7.17. The first-order valence-corrected chi connectivity index (χ1v) is 5.97. The maximum atomic E-state index is 4.23. The molecule has 0 bridgehead atoms. The molecule has 0 saturated heterocycles. The maximum Gasteiger partial charge on any atom is 0.169 e. The largest absolute Gasteiger partial charge is 0.361 e. The number of aromatic nitrogens is 5. The van der Waals surface area contributed by atoms with Crippen LogP contribution in [0.1, 0.15) is 5.82 Å². The van der Waals surface area contributed by atoms with Gasteiger partial charge in [0.05, 0.1) is 16.8 Å². The van der Waals surface area contributed by atoms with Crippen LogP contribution in [0.2, 0.25) is 0 Å². The molecule has 0 aromatic carbocycles. The van der Waals surface area contributed by atoms with E-state index < -0.39 is 0 Å². The van der Waals surface area contributed by atoms with Crippen molar-refractivity contribution >= 4 is 27.4 Å². The highest BCUT2D eigenvalue weighted by Crippen LogP contribution is 2.24. The Bertz CT molecular complexity index is 643. The Morgan fingerprint density at radius 1 is 1.35 bits per heavy atom. The molecule has 0 aliphatic carbocycles. The molecule has 3 heterocycles. The molecule has 0 aliphatic heterocycles. The molecule has 0 fully saturated rings. The third-order valence-corrected chi connectivity index (χ3v) is 3.21. The standard InChI is InChI=1S/C10H10N6S/c1-16-6-14-8(15-16)4-11-10-9-7(2-3-17-9)12-5-13-10/h2-3,5-6H,4H2,1H3,(H,11,12,13). The van der Waals surface area contributed by atoms with Crippen LogP contribution >= 0.6 is 11.3 Å². The average molecular weight is 246 g/mol. The molecule has 3 aromatic heterocycles. The molecule has 7 heteroatoms. The summed E-state index contributed by atoms with van der Waals surface area (Å²) >= 11 is 1.62. The monoisotopic (exact) mass is 246 g/mol. The van der Waals surface area contributed by atoms with Crippen molar-refractivity contribution in [3.63, 3.8) is 0 Å². The molecule has 17 heavy (non-hydrogen) atoms. The fourth-order valence-electron chi connectivity index (χ4n) is 1.54. The summed E-state index contributed by atoms with van der Waals surface area (Å²) in [5.41, 5.74) is 0.960. The second-order valence-corrected chi connectivity index (χ2v) is 4.46. The summed E-state index contributed by atoms with van der Waals surface area (Å²) < 4.78 is 2.74. The smallest absolute Gasteiger partial charge is 0.169 e. The minimum Gasteiger partial charge on any atom is -0.361 e. The van der Waals surface area contributed by atoms with Crippen LogP contribution in [0, 0.1) is 0 Å². The predicted molar refractivity (Wildman–Crippen MR) is 65.7 cm³/mol. The molecule has 3 aromatic rings. The lowest BCUT2D eigenvalue weighted by molar-refractivity contribution is 0.747. The van der Waals surface area contributed by atoms with E-state index in [2.05, 4.69) is 25.4 Å². The number of nitrogens with zero attached hydrogens (tertiary/aromatic N) is 5. The van der Waals surface area contributed by atoms with Gasteiger partial charge in [0.15, 0.2) is 5.82 Å². The van der Waals surface area contributed by atoms with E-state index in [1.807, 2.05) is 18.5 Å². The molecule has 0 atom stereocenters. The SMILES string of the molecule is Cn1cnc(CNc2ncnc3ccsc23)n1. The number of nitrogens with one attached hydrogen (secondary N) is 1. The maximum absolute atomic E-state index is 4.23. The molecule has 0 radical (unpaired) electrons. The Kier molecular flexibility index (Phi) is 2.45. The average Bonchev–Trinajstić information content (AvgIpc) is 2.94. The third kappa shape index (κ3) is 1.96. The van der Waals surface area contributed by atoms with E-state index in [4.69, 9.17) is 0 Å². The van der Waals surface area contributed by atoms with Crippen molar-refractivity contribution in [1.29, 1.82) is 0 Å². The lowest BCUT2D eigenvalue weighted by atomic mass is 10.4. The minimum atomic E-state index is 0.560. The van der Waals surface area contributed by atoms with Gasteiger partial charge in [0, 0.05) is 7.05 Å². The van der Waals surface area contributed by atoms with E-state index in [0.717, 1.165) is 21.9 Å². The van der Waals surface area contributed by atoms with Crippen LogP contribution in [0.15, 0.2) is 24.1 Å². The van der Waals surface area contributed by atoms with Crippen LogP contribution in [0.4, 0.5) is 5.82 Å². The zero-order valence-electron chi connectivity index (χ0n) is 9.16. The number of hydrogen-bond donors (Lipinski definition) is 1. The van der Waals surface area contributed by atoms with Gasteiger partial charge in [0.1, 0.15) is 18.5 Å². The molecule has 0 unspecified atom stereocenters. The lowest BCUT2D eigenvalue weighted by Crippen LogP contribution is -2.04. The summed E-state index contributed by atoms with van der Waals surface area (Å²) in [6.07, 6.45) is 3.24. The number of anilines is 1. The van der Waals surface area contributed by atoms with Crippen LogP contribution in [-0.2, 0) is 13.6 Å². The molecule has 0 spiro atoms. The van der Waals surface area contributed by atoms with E-state index in [1.54, 1.807) is 28.7 Å². The van der Waals surface area contributed by atoms with Crippen molar-refractivity contribution in [2.24, 2.45) is 7.05 Å². The first kappa shape index (κ1) is 10.2. The topological polar surface area (TPSA) is 68.5 Å². The molecular weight excluding hydrogens is 236 g/mol. The first-order valence-electron chi connectivity index (χ1n) is 5.09. The number of aryl methyl sites for hydroxylation is 1. The van der Waals surface area contributed by atoms with Crippen LogP contribution < -0.4 is 5.32 Å². The molecule has 3 rings (SSSR count). The van der Waals surface area contributed by atoms with Crippen molar-refractivity contribution in [3.05, 3.63) is 29.9 Å². The van der Waals surface area contributed by atoms with Crippen LogP contribution in [0.25, 0.3) is 10.2 Å². The number of thiophene rings is 1. The highest BCUT2D eigenvalue weighted by Gasteiger charge is 2.05. The van der Waals surface area contributed by atoms with Gasteiger partial charge >= 0.3 is 0 Å². The molecule has 1 N–H and O–H groups in total. The molecule has 0 saturated carbocycles. The molecule has 86 valence electrons. The third-order valence-electron chi connectivity index (χ3n) is 2.30. The van der Waals surface area contributed by atoms with Crippen molar-refractivity contribution < 1.29 is 0 Å². The van der Waals surface area contributed by atoms with E-state index in [1.165, 1.54) is 0 Å². The van der Waals surface area contributed by atoms with Gasteiger partial charge in [-0.2, -0.15) is 5.10 Å². The summed E-state index contributed by atoms with van der Waals surface area (Å²) in [5.74, 6) is 1.58. The van der Waals surface area contributed by atoms with Crippen LogP contribution in [0.3, 0.4) is 0 Å². The first-order chi connectivity index (χ1) is 8.33. The van der Waals surface area contributed by atoms with E-state index in [9.17, 15) is 0 Å². The Labute approximate surface area is 101 Å². The normalized spacial score (nSPS) is 10.9. The summed E-state index contributed by atoms with van der Waals surface area (Å²) in [5, 5.41) is 9.42. The van der Waals surface area contributed by atoms with E-state index in [-0.39, 0.29) is 0 Å². The van der Waals surface area contributed by atoms with Gasteiger partial charge < -0.3 is 5.32 Å². The summed E-state index contributed by atoms with van der Waals surface area (Å²) in [4.78, 5) is 12.6. The van der Waals surface area contributed by atoms with E-state index >= 15 is 0 Å². The second-order valence-electron chi connectivity index (χ2n) is 3.55. The summed E-state index contributed by atoms with van der Waals surface area (Å²) in [6, 6.07) is 1.98. The van der Waals surface area contributed by atoms with Gasteiger partial charge in [-0.1, -0.05) is 0 Å². The summed E-state index contributed by atoms with van der Waals surface area (Å²) in [6.45, 7) is 0.560. The van der Waals surface area contributed by atoms with Crippen molar-refractivity contribution in [2.75, 3.05) is 5.32 Å². The Morgan fingerprint density at radius 3 is 3.12 bits per heavy atom. The zero-order valence-corrected chi connectivity index (χ0v) is 9.98. The second kappa shape index (κ2) is 4.10. The van der Waals surface area contributed by atoms with Gasteiger partial charge in [0.2, 0.25) is 0 Å². The highest BCUT2D eigenvalue weighted by atomic mass is 32.1. The Morgan fingerprint density at radius 2 is 2.29 bits per heavy atom. The lowest BCUT2D eigenvalue weighted by Gasteiger charge is -2.02. The number of fused-ring (bicyclic) bond motifs is 1. The van der Waals surface area contributed by atoms with Crippen LogP contribution in [0.5, 0.6) is 0 Å². The molecule has 0 aliphatic rings. The Hall–Kier alpha value is -2.02. The fraction of sp³-hybridized carbons (Fsp3) is 0.200. The van der Waals surface area contributed by atoms with Crippen molar-refractivity contribution in [2.45, 2.75) is 6.54 Å². The number of rotatable bonds is 3. The molecule has 0 amide bonds. The Balaban J connectivity index is 1.83. The van der Waals surface area contributed by atoms with Gasteiger partial charge in [0.25, 0.3) is 0 Å². The number of hydrogen-bond acceptors (Lipinski definition) is 6. The van der Waals surface area contributed by atoms with E-state index in [0.29, 0.717) is 6.54 Å². The quantitative estimate of drug-likeness (QED) is 0.757. The van der Waals surface area contributed by atoms with Gasteiger partial charge in [-0.25, -0.2) is 15.0 Å². The summed E-state index contributed by atoms with van der Waals surface area (Å²) in [7, 11) is 1.85. The minimum absolute atomic E-state index is 0.560. The van der Waals surface area contributed by atoms with Gasteiger partial charge in [-0.05, 0) is 11.4 Å². The van der Waals surface area contributed by atoms with Crippen molar-refractivity contribution in [1.82, 2.24) is 24.7 Å². The predicted octanol–water partition coefficient (Wildman–Crippen LogP) is 1.43. The van der Waals surface area contributed by atoms with Gasteiger partial charge in [-0.15, -0.1) is 11.3 Å².